The predicted molar refractivity (Wildman–Crippen MR) is 196 cm³/mol. The molecule has 268 valence electrons. The van der Waals surface area contributed by atoms with E-state index in [0.29, 0.717) is 54.8 Å². The molecule has 46 heavy (non-hydrogen) atoms. The predicted octanol–water partition coefficient (Wildman–Crippen LogP) is 12.0. The molecule has 7 heteroatoms. The van der Waals surface area contributed by atoms with Crippen molar-refractivity contribution in [2.75, 3.05) is 6.61 Å². The van der Waals surface area contributed by atoms with Crippen molar-refractivity contribution in [1.82, 2.24) is 0 Å². The van der Waals surface area contributed by atoms with Crippen LogP contribution in [0.1, 0.15) is 157 Å². The van der Waals surface area contributed by atoms with Gasteiger partial charge in [0.2, 0.25) is 0 Å². The van der Waals surface area contributed by atoms with Gasteiger partial charge in [-0.05, 0) is 98.8 Å². The fraction of sp³-hybridized carbons (Fsp3) is 0.949. The Hall–Kier alpha value is 0.346. The van der Waals surface area contributed by atoms with E-state index in [1.54, 1.807) is 0 Å². The molecular weight excluding hydrogens is 656 g/mol. The molecule has 5 aliphatic rings. The molecule has 4 saturated carbocycles. The van der Waals surface area contributed by atoms with Crippen LogP contribution in [0, 0.1) is 41.4 Å². The van der Waals surface area contributed by atoms with Crippen molar-refractivity contribution in [3.8, 4) is 0 Å². The molecule has 0 aromatic rings. The van der Waals surface area contributed by atoms with Crippen LogP contribution < -0.4 is 0 Å². The van der Waals surface area contributed by atoms with Gasteiger partial charge in [-0.2, -0.15) is 0 Å². The SMILES string of the molecule is CCCOC1C(C2CCCCC2)CC(N=C(C)C2CCCC(C(C)=NC3C(C)CC(C)CC3C)[N-]2)CC1C1CCCCC1.[Cl][Co+][Cl]. The van der Waals surface area contributed by atoms with E-state index in [9.17, 15) is 0 Å². The van der Waals surface area contributed by atoms with Crippen LogP contribution in [0.5, 0.6) is 0 Å². The van der Waals surface area contributed by atoms with Crippen molar-refractivity contribution in [2.45, 2.75) is 187 Å². The van der Waals surface area contributed by atoms with Crippen molar-refractivity contribution >= 4 is 31.7 Å². The second-order valence-electron chi connectivity index (χ2n) is 16.3. The Morgan fingerprint density at radius 3 is 1.65 bits per heavy atom. The van der Waals surface area contributed by atoms with Crippen LogP contribution in [-0.2, 0) is 17.6 Å². The molecule has 4 nitrogen and oxygen atoms in total. The third-order valence-electron chi connectivity index (χ3n) is 12.7. The third-order valence-corrected chi connectivity index (χ3v) is 12.7. The van der Waals surface area contributed by atoms with Crippen LogP contribution in [0.4, 0.5) is 0 Å². The quantitative estimate of drug-likeness (QED) is 0.218. The Morgan fingerprint density at radius 2 is 1.17 bits per heavy atom. The van der Waals surface area contributed by atoms with Crippen molar-refractivity contribution in [1.29, 1.82) is 0 Å². The molecule has 0 spiro atoms. The molecule has 4 aliphatic carbocycles. The molecular formula is C39H68Cl2CoN3O. The number of halogens is 2. The summed E-state index contributed by atoms with van der Waals surface area (Å²) in [5.74, 6) is 5.28. The first-order valence-corrected chi connectivity index (χ1v) is 22.4. The molecule has 6 atom stereocenters. The summed E-state index contributed by atoms with van der Waals surface area (Å²) < 4.78 is 6.88. The average molecular weight is 725 g/mol. The van der Waals surface area contributed by atoms with Gasteiger partial charge in [-0.3, -0.25) is 9.98 Å². The van der Waals surface area contributed by atoms with Crippen molar-refractivity contribution in [3.63, 3.8) is 0 Å². The van der Waals surface area contributed by atoms with Crippen molar-refractivity contribution in [3.05, 3.63) is 5.32 Å². The zero-order valence-corrected chi connectivity index (χ0v) is 32.8. The summed E-state index contributed by atoms with van der Waals surface area (Å²) in [7, 11) is 9.47. The Morgan fingerprint density at radius 1 is 0.696 bits per heavy atom. The Kier molecular flexibility index (Phi) is 17.2. The van der Waals surface area contributed by atoms with Gasteiger partial charge in [-0.25, -0.2) is 0 Å². The standard InChI is InChI=1S/C39H68N3O.2ClH.Co/c1-7-21-43-39-34(31-15-10-8-11-16-31)24-33(25-35(39)32-17-12-9-13-18-32)40-29(5)36-19-14-20-37(42-36)30(6)41-38-27(3)22-26(2)23-28(38)4;;;/h26-28,31-39H,7-25H2,1-6H3;2*1H;/q-1;;;+3/p-2. The van der Waals surface area contributed by atoms with Gasteiger partial charge in [0.25, 0.3) is 0 Å². The number of hydrogen-bond donors (Lipinski definition) is 0. The third kappa shape index (κ3) is 11.2. The van der Waals surface area contributed by atoms with Crippen LogP contribution in [0.15, 0.2) is 9.98 Å². The average Bonchev–Trinajstić information content (AvgIpc) is 3.06. The maximum absolute atomic E-state index is 6.88. The zero-order chi connectivity index (χ0) is 33.1. The van der Waals surface area contributed by atoms with Crippen molar-refractivity contribution in [2.24, 2.45) is 51.4 Å². The van der Waals surface area contributed by atoms with E-state index < -0.39 is 0 Å². The molecule has 0 radical (unpaired) electrons. The van der Waals surface area contributed by atoms with Gasteiger partial charge >= 0.3 is 33.2 Å². The molecule has 1 aliphatic heterocycles. The first-order chi connectivity index (χ1) is 22.2. The van der Waals surface area contributed by atoms with E-state index in [2.05, 4.69) is 41.5 Å². The number of ether oxygens (including phenoxy) is 1. The number of piperidine rings is 1. The minimum atomic E-state index is 0.278. The second kappa shape index (κ2) is 20.3. The van der Waals surface area contributed by atoms with Gasteiger partial charge in [0.1, 0.15) is 0 Å². The first-order valence-electron chi connectivity index (χ1n) is 19.5. The molecule has 1 saturated heterocycles. The molecule has 0 aromatic carbocycles. The van der Waals surface area contributed by atoms with E-state index >= 15 is 0 Å². The minimum absolute atomic E-state index is 0.278. The van der Waals surface area contributed by atoms with E-state index in [4.69, 9.17) is 40.3 Å². The molecule has 0 amide bonds. The van der Waals surface area contributed by atoms with E-state index in [0.717, 1.165) is 30.8 Å². The van der Waals surface area contributed by atoms with Crippen LogP contribution in [-0.4, -0.2) is 48.3 Å². The fourth-order valence-corrected chi connectivity index (χ4v) is 10.6. The van der Waals surface area contributed by atoms with Gasteiger partial charge in [0.15, 0.2) is 0 Å². The van der Waals surface area contributed by atoms with Crippen LogP contribution in [0.3, 0.4) is 0 Å². The van der Waals surface area contributed by atoms with Crippen molar-refractivity contribution < 1.29 is 17.6 Å². The van der Waals surface area contributed by atoms with Gasteiger partial charge < -0.3 is 10.1 Å². The summed E-state index contributed by atoms with van der Waals surface area (Å²) >= 11 is 0.382. The van der Waals surface area contributed by atoms with Gasteiger partial charge in [0.05, 0.1) is 18.2 Å². The monoisotopic (exact) mass is 723 g/mol. The number of nitrogens with zero attached hydrogens (tertiary/aromatic N) is 3. The molecule has 0 aromatic heterocycles. The summed E-state index contributed by atoms with van der Waals surface area (Å²) in [6, 6.07) is 1.49. The molecule has 0 bridgehead atoms. The van der Waals surface area contributed by atoms with Gasteiger partial charge in [0, 0.05) is 6.61 Å². The van der Waals surface area contributed by atoms with Crippen LogP contribution in [0.25, 0.3) is 5.32 Å². The normalized spacial score (nSPS) is 39.1. The Bertz CT molecular complexity index is 896. The molecule has 5 rings (SSSR count). The zero-order valence-electron chi connectivity index (χ0n) is 30.2. The Labute approximate surface area is 298 Å². The Balaban J connectivity index is 0.00000154. The fourth-order valence-electron chi connectivity index (χ4n) is 10.6. The number of hydrogen-bond acceptors (Lipinski definition) is 3. The molecule has 5 fully saturated rings. The summed E-state index contributed by atoms with van der Waals surface area (Å²) in [6.07, 6.45) is 24.5. The van der Waals surface area contributed by atoms with E-state index in [1.165, 1.54) is 121 Å². The molecule has 0 N–H and O–H groups in total. The van der Waals surface area contributed by atoms with Crippen LogP contribution in [0.2, 0.25) is 0 Å². The molecule has 6 unspecified atom stereocenters. The topological polar surface area (TPSA) is 48.1 Å². The number of rotatable bonds is 9. The van der Waals surface area contributed by atoms with Crippen LogP contribution >= 0.6 is 20.3 Å². The summed E-state index contributed by atoms with van der Waals surface area (Å²) in [5, 5.41) is 5.46. The van der Waals surface area contributed by atoms with Gasteiger partial charge in [-0.15, -0.1) is 0 Å². The van der Waals surface area contributed by atoms with E-state index in [-0.39, 0.29) is 12.1 Å². The summed E-state index contributed by atoms with van der Waals surface area (Å²) in [6.45, 7) is 15.1. The summed E-state index contributed by atoms with van der Waals surface area (Å²) in [4.78, 5) is 11.0. The number of aliphatic imine (C=N–C) groups is 2. The van der Waals surface area contributed by atoms with E-state index in [1.807, 2.05) is 0 Å². The second-order valence-corrected chi connectivity index (χ2v) is 18.0. The summed E-state index contributed by atoms with van der Waals surface area (Å²) in [5.41, 5.74) is 2.60. The first kappa shape index (κ1) is 39.1. The molecule has 1 heterocycles. The maximum atomic E-state index is 6.88. The van der Waals surface area contributed by atoms with Gasteiger partial charge in [-0.1, -0.05) is 123 Å².